The molecule has 0 amide bonds. The number of rotatable bonds is 6. The fourth-order valence-corrected chi connectivity index (χ4v) is 2.00. The number of hydrogen-bond acceptors (Lipinski definition) is 1. The highest BCUT2D eigenvalue weighted by atomic mass is 19.3. The molecule has 0 unspecified atom stereocenters. The van der Waals surface area contributed by atoms with Crippen molar-refractivity contribution in [3.8, 4) is 0 Å². The Morgan fingerprint density at radius 2 is 1.80 bits per heavy atom. The summed E-state index contributed by atoms with van der Waals surface area (Å²) < 4.78 is 38.4. The summed E-state index contributed by atoms with van der Waals surface area (Å²) in [7, 11) is 0. The molecule has 0 saturated heterocycles. The average molecular weight is 279 g/mol. The summed E-state index contributed by atoms with van der Waals surface area (Å²) in [6.07, 6.45) is -1.88. The van der Waals surface area contributed by atoms with Gasteiger partial charge in [0, 0.05) is 12.1 Å². The monoisotopic (exact) mass is 279 g/mol. The highest BCUT2D eigenvalue weighted by Crippen LogP contribution is 2.19. The van der Waals surface area contributed by atoms with Crippen molar-refractivity contribution < 1.29 is 13.2 Å². The lowest BCUT2D eigenvalue weighted by molar-refractivity contribution is 0.151. The van der Waals surface area contributed by atoms with Crippen LogP contribution in [0.2, 0.25) is 0 Å². The van der Waals surface area contributed by atoms with Crippen molar-refractivity contribution in [2.24, 2.45) is 0 Å². The van der Waals surface area contributed by atoms with Crippen molar-refractivity contribution in [1.82, 2.24) is 5.32 Å². The van der Waals surface area contributed by atoms with E-state index in [0.29, 0.717) is 25.1 Å². The third-order valence-corrected chi connectivity index (χ3v) is 3.06. The van der Waals surface area contributed by atoms with Crippen molar-refractivity contribution in [2.75, 3.05) is 6.54 Å². The minimum atomic E-state index is -2.45. The minimum absolute atomic E-state index is 0.0263. The lowest BCUT2D eigenvalue weighted by Gasteiger charge is -2.07. The molecule has 1 nitrogen and oxygen atoms in total. The number of hydrogen-bond donors (Lipinski definition) is 1. The molecule has 0 saturated carbocycles. The van der Waals surface area contributed by atoms with Crippen molar-refractivity contribution in [3.05, 3.63) is 71.0 Å². The topological polar surface area (TPSA) is 12.0 Å². The Morgan fingerprint density at radius 1 is 1.00 bits per heavy atom. The Bertz CT molecular complexity index is 555. The van der Waals surface area contributed by atoms with E-state index in [1.165, 1.54) is 18.2 Å². The fourth-order valence-electron chi connectivity index (χ4n) is 2.00. The van der Waals surface area contributed by atoms with Crippen LogP contribution < -0.4 is 5.32 Å². The first-order chi connectivity index (χ1) is 9.66. The van der Waals surface area contributed by atoms with Gasteiger partial charge in [0.2, 0.25) is 0 Å². The Kier molecular flexibility index (Phi) is 5.18. The second-order valence-electron chi connectivity index (χ2n) is 4.56. The van der Waals surface area contributed by atoms with E-state index >= 15 is 0 Å². The Hall–Kier alpha value is -1.81. The zero-order valence-electron chi connectivity index (χ0n) is 11.0. The van der Waals surface area contributed by atoms with Crippen LogP contribution in [0.25, 0.3) is 0 Å². The molecule has 4 heteroatoms. The molecular weight excluding hydrogens is 263 g/mol. The maximum Gasteiger partial charge on any atom is 0.263 e. The zero-order valence-corrected chi connectivity index (χ0v) is 11.0. The van der Waals surface area contributed by atoms with Gasteiger partial charge in [-0.1, -0.05) is 36.4 Å². The summed E-state index contributed by atoms with van der Waals surface area (Å²) in [4.78, 5) is 0. The summed E-state index contributed by atoms with van der Waals surface area (Å²) in [5.41, 5.74) is 1.48. The normalized spacial score (nSPS) is 11.0. The van der Waals surface area contributed by atoms with Crippen molar-refractivity contribution in [2.45, 2.75) is 19.4 Å². The minimum Gasteiger partial charge on any atom is -0.312 e. The highest BCUT2D eigenvalue weighted by Gasteiger charge is 2.06. The Balaban J connectivity index is 1.82. The molecule has 0 bridgehead atoms. The third kappa shape index (κ3) is 4.10. The third-order valence-electron chi connectivity index (χ3n) is 3.06. The quantitative estimate of drug-likeness (QED) is 0.785. The first-order valence-electron chi connectivity index (χ1n) is 6.48. The molecule has 20 heavy (non-hydrogen) atoms. The molecule has 2 aromatic carbocycles. The molecular formula is C16H16F3N. The van der Waals surface area contributed by atoms with Gasteiger partial charge >= 0.3 is 0 Å². The fraction of sp³-hybridized carbons (Fsp3) is 0.250. The predicted octanol–water partition coefficient (Wildman–Crippen LogP) is 4.10. The van der Waals surface area contributed by atoms with Crippen LogP contribution in [0, 0.1) is 5.82 Å². The number of halogens is 3. The molecule has 0 aromatic heterocycles. The molecule has 0 spiro atoms. The SMILES string of the molecule is Fc1ccccc1CCNCc1cccc(C(F)F)c1. The van der Waals surface area contributed by atoms with E-state index in [4.69, 9.17) is 0 Å². The van der Waals surface area contributed by atoms with Crippen LogP contribution in [-0.2, 0) is 13.0 Å². The van der Waals surface area contributed by atoms with Gasteiger partial charge in [0.25, 0.3) is 6.43 Å². The summed E-state index contributed by atoms with van der Waals surface area (Å²) in [5, 5.41) is 3.13. The lowest BCUT2D eigenvalue weighted by atomic mass is 10.1. The van der Waals surface area contributed by atoms with Gasteiger partial charge in [0.15, 0.2) is 0 Å². The highest BCUT2D eigenvalue weighted by molar-refractivity contribution is 5.24. The molecule has 106 valence electrons. The van der Waals surface area contributed by atoms with Gasteiger partial charge in [-0.2, -0.15) is 0 Å². The van der Waals surface area contributed by atoms with Gasteiger partial charge in [-0.25, -0.2) is 13.2 Å². The molecule has 2 rings (SSSR count). The molecule has 0 radical (unpaired) electrons. The molecule has 1 N–H and O–H groups in total. The van der Waals surface area contributed by atoms with E-state index in [1.807, 2.05) is 0 Å². The van der Waals surface area contributed by atoms with Crippen molar-refractivity contribution >= 4 is 0 Å². The van der Waals surface area contributed by atoms with Crippen LogP contribution >= 0.6 is 0 Å². The van der Waals surface area contributed by atoms with Gasteiger partial charge in [0.05, 0.1) is 0 Å². The molecule has 0 aliphatic rings. The van der Waals surface area contributed by atoms with Crippen molar-refractivity contribution in [3.63, 3.8) is 0 Å². The van der Waals surface area contributed by atoms with Crippen LogP contribution in [0.1, 0.15) is 23.1 Å². The van der Waals surface area contributed by atoms with E-state index < -0.39 is 6.43 Å². The van der Waals surface area contributed by atoms with Crippen LogP contribution in [0.5, 0.6) is 0 Å². The van der Waals surface area contributed by atoms with Gasteiger partial charge < -0.3 is 5.32 Å². The first-order valence-corrected chi connectivity index (χ1v) is 6.48. The predicted molar refractivity (Wildman–Crippen MR) is 73.2 cm³/mol. The maximum absolute atomic E-state index is 13.4. The lowest BCUT2D eigenvalue weighted by Crippen LogP contribution is -2.17. The van der Waals surface area contributed by atoms with E-state index in [-0.39, 0.29) is 11.4 Å². The summed E-state index contributed by atoms with van der Waals surface area (Å²) in [5.74, 6) is -0.214. The standard InChI is InChI=1S/C16H16F3N/c17-15-7-2-1-5-13(15)8-9-20-11-12-4-3-6-14(10-12)16(18)19/h1-7,10,16,20H,8-9,11H2. The average Bonchev–Trinajstić information content (AvgIpc) is 2.45. The van der Waals surface area contributed by atoms with E-state index in [2.05, 4.69) is 5.32 Å². The van der Waals surface area contributed by atoms with E-state index in [1.54, 1.807) is 30.3 Å². The van der Waals surface area contributed by atoms with Crippen LogP contribution in [0.4, 0.5) is 13.2 Å². The summed E-state index contributed by atoms with van der Waals surface area (Å²) >= 11 is 0. The smallest absolute Gasteiger partial charge is 0.263 e. The number of nitrogens with one attached hydrogen (secondary N) is 1. The molecule has 2 aromatic rings. The molecule has 0 atom stereocenters. The number of benzene rings is 2. The van der Waals surface area contributed by atoms with Crippen LogP contribution in [0.3, 0.4) is 0 Å². The van der Waals surface area contributed by atoms with Gasteiger partial charge in [-0.05, 0) is 36.2 Å². The van der Waals surface area contributed by atoms with Crippen molar-refractivity contribution in [1.29, 1.82) is 0 Å². The van der Waals surface area contributed by atoms with E-state index in [9.17, 15) is 13.2 Å². The van der Waals surface area contributed by atoms with Crippen LogP contribution in [-0.4, -0.2) is 6.54 Å². The van der Waals surface area contributed by atoms with Gasteiger partial charge in [-0.15, -0.1) is 0 Å². The number of alkyl halides is 2. The molecule has 0 heterocycles. The largest absolute Gasteiger partial charge is 0.312 e. The van der Waals surface area contributed by atoms with Gasteiger partial charge in [-0.3, -0.25) is 0 Å². The summed E-state index contributed by atoms with van der Waals surface area (Å²) in [6.45, 7) is 1.09. The Morgan fingerprint density at radius 3 is 2.55 bits per heavy atom. The van der Waals surface area contributed by atoms with Crippen LogP contribution in [0.15, 0.2) is 48.5 Å². The molecule has 0 aliphatic heterocycles. The molecule has 0 fully saturated rings. The Labute approximate surface area is 116 Å². The second-order valence-corrected chi connectivity index (χ2v) is 4.56. The van der Waals surface area contributed by atoms with Gasteiger partial charge in [0.1, 0.15) is 5.82 Å². The first kappa shape index (κ1) is 14.6. The summed E-state index contributed by atoms with van der Waals surface area (Å²) in [6, 6.07) is 12.9. The maximum atomic E-state index is 13.4. The van der Waals surface area contributed by atoms with E-state index in [0.717, 1.165) is 5.56 Å². The molecule has 0 aliphatic carbocycles. The zero-order chi connectivity index (χ0) is 14.4. The second kappa shape index (κ2) is 7.10.